The molecule has 2 atom stereocenters. The van der Waals surface area contributed by atoms with Gasteiger partial charge in [0.2, 0.25) is 5.90 Å². The minimum Gasteiger partial charge on any atom is -0.441 e. The Kier molecular flexibility index (Phi) is 3.85. The predicted molar refractivity (Wildman–Crippen MR) is 100 cm³/mol. The van der Waals surface area contributed by atoms with E-state index in [9.17, 15) is 10.1 Å². The van der Waals surface area contributed by atoms with Crippen LogP contribution in [0.1, 0.15) is 17.0 Å². The van der Waals surface area contributed by atoms with Gasteiger partial charge in [-0.1, -0.05) is 12.1 Å². The van der Waals surface area contributed by atoms with Gasteiger partial charge >= 0.3 is 0 Å². The highest BCUT2D eigenvalue weighted by Gasteiger charge is 2.40. The quantitative estimate of drug-likeness (QED) is 0.668. The molecule has 0 fully saturated rings. The Labute approximate surface area is 157 Å². The van der Waals surface area contributed by atoms with Gasteiger partial charge in [0.15, 0.2) is 0 Å². The Hall–Kier alpha value is -2.98. The van der Waals surface area contributed by atoms with Crippen LogP contribution < -0.4 is 10.3 Å². The molecule has 7 heteroatoms. The van der Waals surface area contributed by atoms with Gasteiger partial charge in [0.1, 0.15) is 11.7 Å². The first kappa shape index (κ1) is 16.5. The number of nitrogens with zero attached hydrogens (tertiary/aromatic N) is 3. The maximum atomic E-state index is 13.1. The molecule has 26 heavy (non-hydrogen) atoms. The topological polar surface area (TPSA) is 91.8 Å². The fourth-order valence-corrected chi connectivity index (χ4v) is 3.84. The van der Waals surface area contributed by atoms with Crippen LogP contribution in [0.5, 0.6) is 5.75 Å². The lowest BCUT2D eigenvalue weighted by Crippen LogP contribution is -2.37. The van der Waals surface area contributed by atoms with Gasteiger partial charge in [0.25, 0.3) is 5.56 Å². The van der Waals surface area contributed by atoms with Crippen molar-refractivity contribution in [1.29, 1.82) is 10.7 Å². The van der Waals surface area contributed by atoms with E-state index in [0.29, 0.717) is 22.4 Å². The van der Waals surface area contributed by atoms with Gasteiger partial charge in [-0.25, -0.2) is 0 Å². The zero-order chi connectivity index (χ0) is 18.4. The van der Waals surface area contributed by atoms with Crippen LogP contribution >= 0.6 is 15.9 Å². The van der Waals surface area contributed by atoms with Crippen LogP contribution in [0.15, 0.2) is 52.0 Å². The average molecular weight is 409 g/mol. The van der Waals surface area contributed by atoms with Crippen LogP contribution in [0.25, 0.3) is 10.9 Å². The largest absolute Gasteiger partial charge is 0.441 e. The van der Waals surface area contributed by atoms with Crippen molar-refractivity contribution >= 4 is 32.7 Å². The molecule has 0 amide bonds. The van der Waals surface area contributed by atoms with Crippen molar-refractivity contribution in [2.45, 2.75) is 5.92 Å². The Morgan fingerprint density at radius 2 is 2.12 bits per heavy atom. The minimum atomic E-state index is -0.896. The molecule has 3 heterocycles. The molecule has 0 radical (unpaired) electrons. The molecule has 0 saturated heterocycles. The van der Waals surface area contributed by atoms with Crippen LogP contribution in [-0.4, -0.2) is 15.4 Å². The molecule has 0 bridgehead atoms. The molecule has 1 N–H and O–H groups in total. The van der Waals surface area contributed by atoms with Crippen molar-refractivity contribution in [2.24, 2.45) is 13.0 Å². The number of nitrogens with one attached hydrogen (secondary N) is 1. The second kappa shape index (κ2) is 6.07. The lowest BCUT2D eigenvalue weighted by molar-refractivity contribution is 0.449. The summed E-state index contributed by atoms with van der Waals surface area (Å²) in [6.07, 6.45) is 3.26. The number of para-hydroxylation sites is 1. The lowest BCUT2D eigenvalue weighted by atomic mass is 9.79. The molecule has 0 saturated carbocycles. The first-order chi connectivity index (χ1) is 12.5. The van der Waals surface area contributed by atoms with Crippen LogP contribution in [0.3, 0.4) is 0 Å². The molecule has 3 aromatic rings. The molecule has 1 aliphatic heterocycles. The van der Waals surface area contributed by atoms with Gasteiger partial charge in [0.05, 0.1) is 17.1 Å². The SMILES string of the molecule is Cn1c(=O)c2c(c3ccccc31)OC(=N)C(C#N)C2c1cncc(Br)c1. The molecule has 0 aliphatic carbocycles. The van der Waals surface area contributed by atoms with E-state index in [1.807, 2.05) is 30.3 Å². The highest BCUT2D eigenvalue weighted by molar-refractivity contribution is 9.10. The van der Waals surface area contributed by atoms with E-state index in [4.69, 9.17) is 10.1 Å². The third-order valence-corrected chi connectivity index (χ3v) is 5.09. The number of nitriles is 1. The predicted octanol–water partition coefficient (Wildman–Crippen LogP) is 3.34. The Bertz CT molecular complexity index is 1160. The zero-order valence-corrected chi connectivity index (χ0v) is 15.3. The van der Waals surface area contributed by atoms with Crippen LogP contribution in [0, 0.1) is 22.7 Å². The van der Waals surface area contributed by atoms with Crippen molar-refractivity contribution in [3.63, 3.8) is 0 Å². The summed E-state index contributed by atoms with van der Waals surface area (Å²) in [6.45, 7) is 0. The maximum Gasteiger partial charge on any atom is 0.258 e. The molecule has 128 valence electrons. The standard InChI is InChI=1S/C19H13BrN4O2/c1-24-14-5-3-2-4-12(14)17-16(19(24)25)15(13(7-21)18(22)26-17)10-6-11(20)9-23-8-10/h2-6,8-9,13,15,22H,1H3. The normalized spacial score (nSPS) is 18.9. The van der Waals surface area contributed by atoms with Crippen molar-refractivity contribution < 1.29 is 4.74 Å². The van der Waals surface area contributed by atoms with Crippen molar-refractivity contribution in [2.75, 3.05) is 0 Å². The van der Waals surface area contributed by atoms with Crippen LogP contribution in [0.4, 0.5) is 0 Å². The second-order valence-electron chi connectivity index (χ2n) is 6.11. The van der Waals surface area contributed by atoms with Crippen molar-refractivity contribution in [3.8, 4) is 11.8 Å². The van der Waals surface area contributed by atoms with E-state index in [1.165, 1.54) is 0 Å². The van der Waals surface area contributed by atoms with Gasteiger partial charge < -0.3 is 9.30 Å². The summed E-state index contributed by atoms with van der Waals surface area (Å²) in [4.78, 5) is 17.3. The molecular weight excluding hydrogens is 396 g/mol. The fourth-order valence-electron chi connectivity index (χ4n) is 3.46. The summed E-state index contributed by atoms with van der Waals surface area (Å²) < 4.78 is 7.98. The average Bonchev–Trinajstić information content (AvgIpc) is 2.65. The zero-order valence-electron chi connectivity index (χ0n) is 13.7. The second-order valence-corrected chi connectivity index (χ2v) is 7.03. The third-order valence-electron chi connectivity index (χ3n) is 4.65. The number of rotatable bonds is 1. The number of aryl methyl sites for hydroxylation is 1. The minimum absolute atomic E-state index is 0.164. The maximum absolute atomic E-state index is 13.1. The molecule has 4 rings (SSSR count). The van der Waals surface area contributed by atoms with Gasteiger partial charge in [0, 0.05) is 35.2 Å². The number of ether oxygens (including phenoxy) is 1. The van der Waals surface area contributed by atoms with Crippen LogP contribution in [-0.2, 0) is 7.05 Å². The molecule has 2 unspecified atom stereocenters. The third kappa shape index (κ3) is 2.34. The Balaban J connectivity index is 2.12. The summed E-state index contributed by atoms with van der Waals surface area (Å²) in [5.74, 6) is -1.33. The molecule has 0 spiro atoms. The number of hydrogen-bond acceptors (Lipinski definition) is 5. The van der Waals surface area contributed by atoms with Gasteiger partial charge in [-0.2, -0.15) is 5.26 Å². The number of aromatic nitrogens is 2. The summed E-state index contributed by atoms with van der Waals surface area (Å²) in [5, 5.41) is 18.6. The van der Waals surface area contributed by atoms with Crippen LogP contribution in [0.2, 0.25) is 0 Å². The summed E-state index contributed by atoms with van der Waals surface area (Å²) in [5.41, 5.74) is 1.54. The first-order valence-corrected chi connectivity index (χ1v) is 8.70. The fraction of sp³-hybridized carbons (Fsp3) is 0.158. The molecule has 6 nitrogen and oxygen atoms in total. The van der Waals surface area contributed by atoms with Gasteiger partial charge in [-0.05, 0) is 39.7 Å². The number of fused-ring (bicyclic) bond motifs is 3. The number of halogens is 1. The number of benzene rings is 1. The summed E-state index contributed by atoms with van der Waals surface area (Å²) >= 11 is 3.38. The van der Waals surface area contributed by atoms with Crippen molar-refractivity contribution in [3.05, 3.63) is 68.7 Å². The lowest BCUT2D eigenvalue weighted by Gasteiger charge is -2.30. The highest BCUT2D eigenvalue weighted by atomic mass is 79.9. The first-order valence-electron chi connectivity index (χ1n) is 7.91. The van der Waals surface area contributed by atoms with E-state index < -0.39 is 11.8 Å². The van der Waals surface area contributed by atoms with E-state index in [-0.39, 0.29) is 11.5 Å². The monoisotopic (exact) mass is 408 g/mol. The number of hydrogen-bond donors (Lipinski definition) is 1. The van der Waals surface area contributed by atoms with Gasteiger partial charge in [-0.15, -0.1) is 0 Å². The van der Waals surface area contributed by atoms with E-state index in [1.54, 1.807) is 24.0 Å². The summed E-state index contributed by atoms with van der Waals surface area (Å²) in [6, 6.07) is 11.3. The smallest absolute Gasteiger partial charge is 0.258 e. The Morgan fingerprint density at radius 1 is 1.35 bits per heavy atom. The number of pyridine rings is 2. The molecule has 1 aliphatic rings. The van der Waals surface area contributed by atoms with E-state index in [2.05, 4.69) is 27.0 Å². The summed E-state index contributed by atoms with van der Waals surface area (Å²) in [7, 11) is 1.70. The molecule has 1 aromatic carbocycles. The van der Waals surface area contributed by atoms with Gasteiger partial charge in [-0.3, -0.25) is 15.2 Å². The van der Waals surface area contributed by atoms with E-state index >= 15 is 0 Å². The Morgan fingerprint density at radius 3 is 2.85 bits per heavy atom. The molecule has 2 aromatic heterocycles. The van der Waals surface area contributed by atoms with E-state index in [0.717, 1.165) is 9.86 Å². The van der Waals surface area contributed by atoms with Crippen molar-refractivity contribution in [1.82, 2.24) is 9.55 Å². The highest BCUT2D eigenvalue weighted by Crippen LogP contribution is 2.43. The molecular formula is C19H13BrN4O2.